The standard InChI is InChI=1S/C20H26F2N4O/c1-20(2,3)19(27)24-18-4-7-23-26(18)17-5-8-25(9-6-17)13-14-10-15(21)12-16(22)11-14/h4,7,10-12,17H,5-6,8-9,13H2,1-3H3,(H,24,27). The monoisotopic (exact) mass is 376 g/mol. The number of aromatic nitrogens is 2. The van der Waals surface area contributed by atoms with Gasteiger partial charge in [-0.1, -0.05) is 20.8 Å². The van der Waals surface area contributed by atoms with Crippen LogP contribution in [0.15, 0.2) is 30.5 Å². The summed E-state index contributed by atoms with van der Waals surface area (Å²) in [7, 11) is 0. The molecule has 1 aromatic carbocycles. The van der Waals surface area contributed by atoms with Crippen LogP contribution in [0, 0.1) is 17.0 Å². The highest BCUT2D eigenvalue weighted by Crippen LogP contribution is 2.27. The summed E-state index contributed by atoms with van der Waals surface area (Å²) >= 11 is 0. The van der Waals surface area contributed by atoms with Crippen LogP contribution < -0.4 is 5.32 Å². The first-order valence-corrected chi connectivity index (χ1v) is 9.24. The molecule has 2 aromatic rings. The zero-order chi connectivity index (χ0) is 19.6. The number of carbonyl (C=O) groups excluding carboxylic acids is 1. The fraction of sp³-hybridized carbons (Fsp3) is 0.500. The molecule has 2 heterocycles. The summed E-state index contributed by atoms with van der Waals surface area (Å²) in [5, 5.41) is 7.35. The number of rotatable bonds is 4. The second-order valence-electron chi connectivity index (χ2n) is 8.15. The second-order valence-corrected chi connectivity index (χ2v) is 8.15. The molecule has 0 saturated carbocycles. The first-order valence-electron chi connectivity index (χ1n) is 9.24. The molecule has 1 amide bonds. The number of benzene rings is 1. The van der Waals surface area contributed by atoms with Crippen molar-refractivity contribution >= 4 is 11.7 Å². The minimum Gasteiger partial charge on any atom is -0.310 e. The summed E-state index contributed by atoms with van der Waals surface area (Å²) in [4.78, 5) is 14.4. The lowest BCUT2D eigenvalue weighted by Crippen LogP contribution is -2.35. The van der Waals surface area contributed by atoms with Crippen LogP contribution in [-0.2, 0) is 11.3 Å². The predicted octanol–water partition coefficient (Wildman–Crippen LogP) is 3.98. The first kappa shape index (κ1) is 19.5. The highest BCUT2D eigenvalue weighted by atomic mass is 19.1. The Kier molecular flexibility index (Phi) is 5.60. The Hall–Kier alpha value is -2.28. The molecule has 1 saturated heterocycles. The molecular weight excluding hydrogens is 350 g/mol. The Balaban J connectivity index is 1.60. The number of carbonyl (C=O) groups is 1. The molecule has 0 unspecified atom stereocenters. The lowest BCUT2D eigenvalue weighted by atomic mass is 9.96. The van der Waals surface area contributed by atoms with Crippen molar-refractivity contribution in [3.63, 3.8) is 0 Å². The summed E-state index contributed by atoms with van der Waals surface area (Å²) in [6.45, 7) is 7.74. The number of anilines is 1. The van der Waals surface area contributed by atoms with Crippen molar-refractivity contribution in [2.24, 2.45) is 5.41 Å². The van der Waals surface area contributed by atoms with Crippen LogP contribution in [0.3, 0.4) is 0 Å². The third-order valence-corrected chi connectivity index (χ3v) is 4.82. The van der Waals surface area contributed by atoms with Gasteiger partial charge in [-0.05, 0) is 30.5 Å². The molecule has 0 atom stereocenters. The maximum absolute atomic E-state index is 13.4. The Morgan fingerprint density at radius 1 is 1.19 bits per heavy atom. The zero-order valence-corrected chi connectivity index (χ0v) is 16.0. The van der Waals surface area contributed by atoms with E-state index in [9.17, 15) is 13.6 Å². The highest BCUT2D eigenvalue weighted by molar-refractivity contribution is 5.93. The molecular formula is C20H26F2N4O. The molecule has 0 spiro atoms. The van der Waals surface area contributed by atoms with Gasteiger partial charge in [-0.2, -0.15) is 5.10 Å². The Morgan fingerprint density at radius 2 is 1.81 bits per heavy atom. The fourth-order valence-corrected chi connectivity index (χ4v) is 3.29. The van der Waals surface area contributed by atoms with Gasteiger partial charge in [0.15, 0.2) is 0 Å². The molecule has 27 heavy (non-hydrogen) atoms. The van der Waals surface area contributed by atoms with Crippen molar-refractivity contribution in [1.29, 1.82) is 0 Å². The van der Waals surface area contributed by atoms with E-state index in [2.05, 4.69) is 15.3 Å². The van der Waals surface area contributed by atoms with E-state index in [1.165, 1.54) is 12.1 Å². The van der Waals surface area contributed by atoms with E-state index in [-0.39, 0.29) is 11.9 Å². The van der Waals surface area contributed by atoms with Gasteiger partial charge in [-0.3, -0.25) is 9.69 Å². The van der Waals surface area contributed by atoms with E-state index in [0.717, 1.165) is 32.0 Å². The van der Waals surface area contributed by atoms with Crippen LogP contribution in [0.25, 0.3) is 0 Å². The molecule has 1 aliphatic rings. The molecule has 7 heteroatoms. The third kappa shape index (κ3) is 4.91. The van der Waals surface area contributed by atoms with Crippen LogP contribution in [0.4, 0.5) is 14.6 Å². The van der Waals surface area contributed by atoms with Crippen molar-refractivity contribution in [3.8, 4) is 0 Å². The van der Waals surface area contributed by atoms with Crippen molar-refractivity contribution in [1.82, 2.24) is 14.7 Å². The molecule has 3 rings (SSSR count). The quantitative estimate of drug-likeness (QED) is 0.878. The molecule has 1 fully saturated rings. The van der Waals surface area contributed by atoms with Gasteiger partial charge < -0.3 is 5.32 Å². The number of nitrogens with one attached hydrogen (secondary N) is 1. The van der Waals surface area contributed by atoms with Crippen LogP contribution >= 0.6 is 0 Å². The van der Waals surface area contributed by atoms with Crippen LogP contribution in [0.5, 0.6) is 0 Å². The summed E-state index contributed by atoms with van der Waals surface area (Å²) in [6.07, 6.45) is 3.41. The van der Waals surface area contributed by atoms with E-state index in [1.807, 2.05) is 31.5 Å². The SMILES string of the molecule is CC(C)(C)C(=O)Nc1ccnn1C1CCN(Cc2cc(F)cc(F)c2)CC1. The summed E-state index contributed by atoms with van der Waals surface area (Å²) in [5.41, 5.74) is 0.168. The van der Waals surface area contributed by atoms with Gasteiger partial charge in [0.25, 0.3) is 0 Å². The van der Waals surface area contributed by atoms with Crippen molar-refractivity contribution in [3.05, 3.63) is 47.7 Å². The van der Waals surface area contributed by atoms with Gasteiger partial charge in [0.1, 0.15) is 17.5 Å². The zero-order valence-electron chi connectivity index (χ0n) is 16.0. The number of hydrogen-bond donors (Lipinski definition) is 1. The third-order valence-electron chi connectivity index (χ3n) is 4.82. The summed E-state index contributed by atoms with van der Waals surface area (Å²) < 4.78 is 28.6. The van der Waals surface area contributed by atoms with Gasteiger partial charge in [0, 0.05) is 37.2 Å². The van der Waals surface area contributed by atoms with Crippen molar-refractivity contribution < 1.29 is 13.6 Å². The predicted molar refractivity (Wildman–Crippen MR) is 100 cm³/mol. The van der Waals surface area contributed by atoms with Gasteiger partial charge in [0.05, 0.1) is 12.2 Å². The number of hydrogen-bond acceptors (Lipinski definition) is 3. The smallest absolute Gasteiger partial charge is 0.230 e. The van der Waals surface area contributed by atoms with Crippen LogP contribution in [-0.4, -0.2) is 33.7 Å². The van der Waals surface area contributed by atoms with E-state index in [4.69, 9.17) is 0 Å². The average Bonchev–Trinajstić information content (AvgIpc) is 3.02. The Morgan fingerprint density at radius 3 is 2.41 bits per heavy atom. The fourth-order valence-electron chi connectivity index (χ4n) is 3.29. The molecule has 1 aromatic heterocycles. The minimum absolute atomic E-state index is 0.0465. The van der Waals surface area contributed by atoms with E-state index in [1.54, 1.807) is 6.20 Å². The molecule has 1 aliphatic heterocycles. The number of nitrogens with zero attached hydrogens (tertiary/aromatic N) is 3. The van der Waals surface area contributed by atoms with Gasteiger partial charge in [-0.15, -0.1) is 0 Å². The number of likely N-dealkylation sites (tertiary alicyclic amines) is 1. The number of amides is 1. The van der Waals surface area contributed by atoms with Crippen molar-refractivity contribution in [2.45, 2.75) is 46.2 Å². The Labute approximate surface area is 158 Å². The molecule has 5 nitrogen and oxygen atoms in total. The first-order chi connectivity index (χ1) is 12.7. The van der Waals surface area contributed by atoms with Gasteiger partial charge >= 0.3 is 0 Å². The largest absolute Gasteiger partial charge is 0.310 e. The topological polar surface area (TPSA) is 50.2 Å². The number of halogens is 2. The highest BCUT2D eigenvalue weighted by Gasteiger charge is 2.26. The van der Waals surface area contributed by atoms with Crippen LogP contribution in [0.2, 0.25) is 0 Å². The Bertz CT molecular complexity index is 784. The minimum atomic E-state index is -0.546. The molecule has 0 radical (unpaired) electrons. The van der Waals surface area contributed by atoms with E-state index in [0.29, 0.717) is 17.9 Å². The van der Waals surface area contributed by atoms with Crippen LogP contribution in [0.1, 0.15) is 45.2 Å². The normalized spacial score (nSPS) is 16.5. The molecule has 0 bridgehead atoms. The molecule has 146 valence electrons. The summed E-state index contributed by atoms with van der Waals surface area (Å²) in [5.74, 6) is -0.429. The number of piperidine rings is 1. The maximum atomic E-state index is 13.4. The molecule has 1 N–H and O–H groups in total. The molecule has 0 aliphatic carbocycles. The summed E-state index contributed by atoms with van der Waals surface area (Å²) in [6, 6.07) is 5.65. The van der Waals surface area contributed by atoms with Gasteiger partial charge in [0.2, 0.25) is 5.91 Å². The average molecular weight is 376 g/mol. The van der Waals surface area contributed by atoms with E-state index >= 15 is 0 Å². The van der Waals surface area contributed by atoms with E-state index < -0.39 is 17.0 Å². The second kappa shape index (κ2) is 7.76. The maximum Gasteiger partial charge on any atom is 0.230 e. The van der Waals surface area contributed by atoms with Crippen molar-refractivity contribution in [2.75, 3.05) is 18.4 Å². The lowest BCUT2D eigenvalue weighted by Gasteiger charge is -2.33. The lowest BCUT2D eigenvalue weighted by molar-refractivity contribution is -0.123. The van der Waals surface area contributed by atoms with Gasteiger partial charge in [-0.25, -0.2) is 13.5 Å².